The van der Waals surface area contributed by atoms with Crippen LogP contribution in [-0.4, -0.2) is 19.3 Å². The second-order valence-electron chi connectivity index (χ2n) is 10.1. The fourth-order valence-electron chi connectivity index (χ4n) is 4.24. The zero-order valence-electron chi connectivity index (χ0n) is 21.2. The van der Waals surface area contributed by atoms with Crippen molar-refractivity contribution in [1.29, 1.82) is 0 Å². The standard InChI is InChI=1S/C29H35N5O/c1-5-33-27(32-34(28(33)35)20-22-11-15-24(16-12-22)29(2,3)4)8-6-7-21-9-13-23(14-10-21)26-18-17-25(30)19-31-26/h9-19H,5-8,20,30H2,1-4H3. The molecule has 4 aromatic rings. The van der Waals surface area contributed by atoms with Gasteiger partial charge >= 0.3 is 5.69 Å². The second-order valence-corrected chi connectivity index (χ2v) is 10.1. The highest BCUT2D eigenvalue weighted by atomic mass is 16.2. The van der Waals surface area contributed by atoms with Crippen LogP contribution in [0, 0.1) is 0 Å². The third-order valence-electron chi connectivity index (χ3n) is 6.37. The molecule has 0 aliphatic rings. The van der Waals surface area contributed by atoms with E-state index < -0.39 is 0 Å². The van der Waals surface area contributed by atoms with Crippen molar-refractivity contribution in [3.8, 4) is 11.3 Å². The molecule has 0 radical (unpaired) electrons. The average molecular weight is 470 g/mol. The summed E-state index contributed by atoms with van der Waals surface area (Å²) in [4.78, 5) is 17.3. The largest absolute Gasteiger partial charge is 0.397 e. The summed E-state index contributed by atoms with van der Waals surface area (Å²) >= 11 is 0. The quantitative estimate of drug-likeness (QED) is 0.383. The predicted octanol–water partition coefficient (Wildman–Crippen LogP) is 5.23. The van der Waals surface area contributed by atoms with E-state index in [1.54, 1.807) is 15.4 Å². The number of nitrogen functional groups attached to an aromatic ring is 1. The van der Waals surface area contributed by atoms with Gasteiger partial charge in [-0.1, -0.05) is 69.3 Å². The molecule has 0 saturated heterocycles. The zero-order chi connectivity index (χ0) is 25.0. The Balaban J connectivity index is 1.39. The Morgan fingerprint density at radius 2 is 1.57 bits per heavy atom. The van der Waals surface area contributed by atoms with Crippen LogP contribution in [0.5, 0.6) is 0 Å². The Morgan fingerprint density at radius 3 is 2.17 bits per heavy atom. The summed E-state index contributed by atoms with van der Waals surface area (Å²) in [7, 11) is 0. The van der Waals surface area contributed by atoms with Crippen molar-refractivity contribution in [3.63, 3.8) is 0 Å². The highest BCUT2D eigenvalue weighted by Crippen LogP contribution is 2.22. The molecule has 0 unspecified atom stereocenters. The van der Waals surface area contributed by atoms with E-state index >= 15 is 0 Å². The van der Waals surface area contributed by atoms with Gasteiger partial charge < -0.3 is 5.73 Å². The lowest BCUT2D eigenvalue weighted by Gasteiger charge is -2.19. The molecule has 0 saturated carbocycles. The van der Waals surface area contributed by atoms with E-state index in [0.29, 0.717) is 18.8 Å². The maximum atomic E-state index is 12.9. The molecule has 2 N–H and O–H groups in total. The lowest BCUT2D eigenvalue weighted by molar-refractivity contribution is 0.588. The first-order valence-corrected chi connectivity index (χ1v) is 12.3. The SMILES string of the molecule is CCn1c(CCCc2ccc(-c3ccc(N)cn3)cc2)nn(Cc2ccc(C(C)(C)C)cc2)c1=O. The van der Waals surface area contributed by atoms with E-state index in [0.717, 1.165) is 41.9 Å². The number of rotatable bonds is 8. The van der Waals surface area contributed by atoms with Crippen molar-refractivity contribution in [1.82, 2.24) is 19.3 Å². The van der Waals surface area contributed by atoms with Gasteiger partial charge in [-0.15, -0.1) is 0 Å². The smallest absolute Gasteiger partial charge is 0.346 e. The number of benzene rings is 2. The number of nitrogens with two attached hydrogens (primary N) is 1. The van der Waals surface area contributed by atoms with Crippen molar-refractivity contribution in [2.75, 3.05) is 5.73 Å². The summed E-state index contributed by atoms with van der Waals surface area (Å²) in [5, 5.41) is 4.69. The van der Waals surface area contributed by atoms with Gasteiger partial charge in [-0.25, -0.2) is 9.48 Å². The van der Waals surface area contributed by atoms with Gasteiger partial charge in [0.2, 0.25) is 0 Å². The van der Waals surface area contributed by atoms with Crippen LogP contribution < -0.4 is 11.4 Å². The highest BCUT2D eigenvalue weighted by molar-refractivity contribution is 5.60. The molecule has 6 heteroatoms. The molecule has 0 aliphatic carbocycles. The van der Waals surface area contributed by atoms with Crippen LogP contribution in [0.3, 0.4) is 0 Å². The number of anilines is 1. The van der Waals surface area contributed by atoms with E-state index in [4.69, 9.17) is 5.73 Å². The van der Waals surface area contributed by atoms with Gasteiger partial charge in [-0.2, -0.15) is 5.10 Å². The molecule has 6 nitrogen and oxygen atoms in total. The van der Waals surface area contributed by atoms with E-state index in [-0.39, 0.29) is 11.1 Å². The van der Waals surface area contributed by atoms with Crippen molar-refractivity contribution >= 4 is 5.69 Å². The molecule has 35 heavy (non-hydrogen) atoms. The van der Waals surface area contributed by atoms with Crippen molar-refractivity contribution in [2.24, 2.45) is 0 Å². The third kappa shape index (κ3) is 5.88. The molecule has 0 spiro atoms. The highest BCUT2D eigenvalue weighted by Gasteiger charge is 2.15. The number of pyridine rings is 1. The molecule has 0 fully saturated rings. The second kappa shape index (κ2) is 10.3. The normalized spacial score (nSPS) is 11.7. The van der Waals surface area contributed by atoms with Crippen LogP contribution in [0.1, 0.15) is 56.6 Å². The number of aryl methyl sites for hydroxylation is 2. The van der Waals surface area contributed by atoms with Gasteiger partial charge in [-0.3, -0.25) is 9.55 Å². The first kappa shape index (κ1) is 24.5. The van der Waals surface area contributed by atoms with Crippen LogP contribution in [0.15, 0.2) is 71.7 Å². The molecule has 0 bridgehead atoms. The summed E-state index contributed by atoms with van der Waals surface area (Å²) in [5.74, 6) is 0.853. The molecule has 2 aromatic carbocycles. The molecule has 182 valence electrons. The van der Waals surface area contributed by atoms with E-state index in [1.807, 2.05) is 19.1 Å². The Bertz CT molecular complexity index is 1310. The van der Waals surface area contributed by atoms with Crippen LogP contribution >= 0.6 is 0 Å². The Labute approximate surface area is 207 Å². The molecule has 4 rings (SSSR count). The van der Waals surface area contributed by atoms with Crippen molar-refractivity contribution < 1.29 is 0 Å². The lowest BCUT2D eigenvalue weighted by Crippen LogP contribution is -2.25. The monoisotopic (exact) mass is 469 g/mol. The number of aromatic nitrogens is 4. The molecule has 2 heterocycles. The minimum absolute atomic E-state index is 0.0391. The number of hydrogen-bond acceptors (Lipinski definition) is 4. The third-order valence-corrected chi connectivity index (χ3v) is 6.37. The van der Waals surface area contributed by atoms with Crippen LogP contribution in [0.2, 0.25) is 0 Å². The minimum Gasteiger partial charge on any atom is -0.397 e. The Morgan fingerprint density at radius 1 is 0.886 bits per heavy atom. The first-order valence-electron chi connectivity index (χ1n) is 12.3. The average Bonchev–Trinajstić information content (AvgIpc) is 3.13. The summed E-state index contributed by atoms with van der Waals surface area (Å²) < 4.78 is 3.39. The summed E-state index contributed by atoms with van der Waals surface area (Å²) in [6.45, 7) is 9.72. The van der Waals surface area contributed by atoms with Crippen LogP contribution in [0.25, 0.3) is 11.3 Å². The van der Waals surface area contributed by atoms with Gasteiger partial charge in [-0.05, 0) is 54.0 Å². The summed E-state index contributed by atoms with van der Waals surface area (Å²) in [6.07, 6.45) is 4.29. The fraction of sp³-hybridized carbons (Fsp3) is 0.345. The molecular weight excluding hydrogens is 434 g/mol. The summed E-state index contributed by atoms with van der Waals surface area (Å²) in [6, 6.07) is 20.8. The zero-order valence-corrected chi connectivity index (χ0v) is 21.2. The topological polar surface area (TPSA) is 78.7 Å². The van der Waals surface area contributed by atoms with E-state index in [1.165, 1.54) is 11.1 Å². The maximum absolute atomic E-state index is 12.9. The molecular formula is C29H35N5O. The maximum Gasteiger partial charge on any atom is 0.346 e. The molecule has 0 aliphatic heterocycles. The van der Waals surface area contributed by atoms with Gasteiger partial charge in [0.25, 0.3) is 0 Å². The first-order chi connectivity index (χ1) is 16.7. The van der Waals surface area contributed by atoms with Crippen LogP contribution in [0.4, 0.5) is 5.69 Å². The van der Waals surface area contributed by atoms with Gasteiger partial charge in [0, 0.05) is 18.5 Å². The van der Waals surface area contributed by atoms with Crippen molar-refractivity contribution in [3.05, 3.63) is 99.9 Å². The number of hydrogen-bond donors (Lipinski definition) is 1. The van der Waals surface area contributed by atoms with E-state index in [9.17, 15) is 4.79 Å². The van der Waals surface area contributed by atoms with Crippen molar-refractivity contribution in [2.45, 2.75) is 65.5 Å². The Hall–Kier alpha value is -3.67. The Kier molecular flexibility index (Phi) is 7.20. The lowest BCUT2D eigenvalue weighted by atomic mass is 9.87. The minimum atomic E-state index is -0.0391. The number of nitrogens with zero attached hydrogens (tertiary/aromatic N) is 4. The molecule has 2 aromatic heterocycles. The van der Waals surface area contributed by atoms with Crippen LogP contribution in [-0.2, 0) is 31.3 Å². The molecule has 0 atom stereocenters. The fourth-order valence-corrected chi connectivity index (χ4v) is 4.24. The van der Waals surface area contributed by atoms with Gasteiger partial charge in [0.05, 0.1) is 24.1 Å². The van der Waals surface area contributed by atoms with Gasteiger partial charge in [0.15, 0.2) is 0 Å². The van der Waals surface area contributed by atoms with E-state index in [2.05, 4.69) is 79.4 Å². The summed E-state index contributed by atoms with van der Waals surface area (Å²) in [5.41, 5.74) is 12.1. The predicted molar refractivity (Wildman–Crippen MR) is 143 cm³/mol. The molecule has 0 amide bonds. The van der Waals surface area contributed by atoms with Gasteiger partial charge in [0.1, 0.15) is 5.82 Å².